The Bertz CT molecular complexity index is 719. The lowest BCUT2D eigenvalue weighted by molar-refractivity contribution is -0.130. The second-order valence-corrected chi connectivity index (χ2v) is 8.53. The highest BCUT2D eigenvalue weighted by Gasteiger charge is 2.56. The van der Waals surface area contributed by atoms with Crippen LogP contribution in [0.5, 0.6) is 0 Å². The van der Waals surface area contributed by atoms with Crippen LogP contribution < -0.4 is 5.32 Å². The molecule has 152 valence electrons. The lowest BCUT2D eigenvalue weighted by atomic mass is 9.75. The second kappa shape index (κ2) is 7.84. The van der Waals surface area contributed by atoms with Gasteiger partial charge in [-0.3, -0.25) is 14.5 Å². The summed E-state index contributed by atoms with van der Waals surface area (Å²) >= 11 is 0. The molecular weight excluding hydrogens is 354 g/mol. The molecule has 0 unspecified atom stereocenters. The van der Waals surface area contributed by atoms with Gasteiger partial charge < -0.3 is 15.0 Å². The number of amides is 2. The monoisotopic (exact) mass is 385 g/mol. The number of rotatable bonds is 3. The second-order valence-electron chi connectivity index (χ2n) is 8.53. The number of ether oxygens (including phenoxy) is 1. The van der Waals surface area contributed by atoms with Gasteiger partial charge in [0.2, 0.25) is 11.8 Å². The van der Waals surface area contributed by atoms with E-state index in [0.29, 0.717) is 12.6 Å². The van der Waals surface area contributed by atoms with Gasteiger partial charge in [-0.2, -0.15) is 0 Å². The maximum Gasteiger partial charge on any atom is 0.220 e. The number of nitrogens with one attached hydrogen (secondary N) is 1. The molecule has 4 rings (SSSR count). The van der Waals surface area contributed by atoms with Crippen LogP contribution in [0.2, 0.25) is 0 Å². The Kier molecular flexibility index (Phi) is 5.43. The van der Waals surface area contributed by atoms with Crippen molar-refractivity contribution in [2.24, 2.45) is 5.92 Å². The van der Waals surface area contributed by atoms with Crippen molar-refractivity contribution in [1.82, 2.24) is 15.1 Å². The van der Waals surface area contributed by atoms with E-state index in [0.717, 1.165) is 51.1 Å². The first kappa shape index (κ1) is 19.4. The van der Waals surface area contributed by atoms with E-state index in [9.17, 15) is 9.59 Å². The zero-order valence-corrected chi connectivity index (χ0v) is 16.9. The van der Waals surface area contributed by atoms with E-state index in [2.05, 4.69) is 22.3 Å². The van der Waals surface area contributed by atoms with Gasteiger partial charge in [0.25, 0.3) is 0 Å². The third-order valence-corrected chi connectivity index (χ3v) is 6.83. The highest BCUT2D eigenvalue weighted by atomic mass is 16.5. The van der Waals surface area contributed by atoms with Gasteiger partial charge in [-0.1, -0.05) is 30.3 Å². The highest BCUT2D eigenvalue weighted by molar-refractivity contribution is 5.77. The predicted octanol–water partition coefficient (Wildman–Crippen LogP) is 1.97. The van der Waals surface area contributed by atoms with Crippen molar-refractivity contribution in [2.75, 3.05) is 32.8 Å². The Balaban J connectivity index is 1.69. The number of likely N-dealkylation sites (tertiary alicyclic amines) is 2. The van der Waals surface area contributed by atoms with Crippen LogP contribution in [0.3, 0.4) is 0 Å². The van der Waals surface area contributed by atoms with Crippen LogP contribution in [0.15, 0.2) is 30.3 Å². The molecule has 1 aromatic carbocycles. The lowest BCUT2D eigenvalue weighted by Gasteiger charge is -2.48. The summed E-state index contributed by atoms with van der Waals surface area (Å²) in [6, 6.07) is 10.8. The molecule has 1 N–H and O–H groups in total. The highest BCUT2D eigenvalue weighted by Crippen LogP contribution is 2.48. The predicted molar refractivity (Wildman–Crippen MR) is 107 cm³/mol. The van der Waals surface area contributed by atoms with Crippen molar-refractivity contribution in [1.29, 1.82) is 0 Å². The van der Waals surface area contributed by atoms with E-state index in [1.165, 1.54) is 0 Å². The first-order valence-electron chi connectivity index (χ1n) is 10.4. The van der Waals surface area contributed by atoms with Crippen molar-refractivity contribution >= 4 is 11.8 Å². The molecule has 2 amide bonds. The van der Waals surface area contributed by atoms with Crippen LogP contribution in [0.4, 0.5) is 0 Å². The van der Waals surface area contributed by atoms with Gasteiger partial charge in [0, 0.05) is 58.7 Å². The first-order chi connectivity index (χ1) is 13.5. The summed E-state index contributed by atoms with van der Waals surface area (Å²) in [4.78, 5) is 29.2. The number of hydrogen-bond acceptors (Lipinski definition) is 4. The van der Waals surface area contributed by atoms with Crippen molar-refractivity contribution in [3.05, 3.63) is 35.9 Å². The summed E-state index contributed by atoms with van der Waals surface area (Å²) < 4.78 is 5.55. The van der Waals surface area contributed by atoms with Crippen LogP contribution in [0.25, 0.3) is 0 Å². The molecule has 0 aliphatic carbocycles. The SMILES string of the molecule is CC(=O)N[C@@]12CCN(C3CCOCC3)C[C@@H]1[C@@H](c1ccccc1)N(C(C)=O)C2. The quantitative estimate of drug-likeness (QED) is 0.864. The molecule has 3 saturated heterocycles. The Morgan fingerprint density at radius 1 is 1.14 bits per heavy atom. The van der Waals surface area contributed by atoms with E-state index in [4.69, 9.17) is 4.74 Å². The number of fused-ring (bicyclic) bond motifs is 1. The number of piperidine rings is 1. The maximum atomic E-state index is 12.6. The summed E-state index contributed by atoms with van der Waals surface area (Å²) in [5, 5.41) is 3.28. The van der Waals surface area contributed by atoms with Gasteiger partial charge in [0.15, 0.2) is 0 Å². The fourth-order valence-corrected chi connectivity index (χ4v) is 5.56. The minimum atomic E-state index is -0.348. The molecule has 3 atom stereocenters. The van der Waals surface area contributed by atoms with Gasteiger partial charge in [-0.15, -0.1) is 0 Å². The number of carbonyl (C=O) groups is 2. The van der Waals surface area contributed by atoms with E-state index in [-0.39, 0.29) is 29.3 Å². The largest absolute Gasteiger partial charge is 0.381 e. The molecule has 3 aliphatic heterocycles. The van der Waals surface area contributed by atoms with Crippen LogP contribution in [0, 0.1) is 5.92 Å². The van der Waals surface area contributed by atoms with Crippen molar-refractivity contribution in [2.45, 2.75) is 50.7 Å². The minimum Gasteiger partial charge on any atom is -0.381 e. The fraction of sp³-hybridized carbons (Fsp3) is 0.636. The van der Waals surface area contributed by atoms with Gasteiger partial charge in [-0.25, -0.2) is 0 Å². The molecule has 28 heavy (non-hydrogen) atoms. The Morgan fingerprint density at radius 2 is 1.86 bits per heavy atom. The normalized spacial score (nSPS) is 31.4. The molecule has 0 bridgehead atoms. The summed E-state index contributed by atoms with van der Waals surface area (Å²) in [5.74, 6) is 0.242. The Labute approximate surface area is 167 Å². The summed E-state index contributed by atoms with van der Waals surface area (Å²) in [5.41, 5.74) is 0.809. The Morgan fingerprint density at radius 3 is 2.50 bits per heavy atom. The van der Waals surface area contributed by atoms with Gasteiger partial charge in [-0.05, 0) is 24.8 Å². The maximum absolute atomic E-state index is 12.6. The molecule has 0 spiro atoms. The zero-order chi connectivity index (χ0) is 19.7. The molecule has 0 aromatic heterocycles. The summed E-state index contributed by atoms with van der Waals surface area (Å²) in [6.07, 6.45) is 3.00. The smallest absolute Gasteiger partial charge is 0.220 e. The van der Waals surface area contributed by atoms with E-state index < -0.39 is 0 Å². The zero-order valence-electron chi connectivity index (χ0n) is 16.9. The van der Waals surface area contributed by atoms with Crippen LogP contribution in [-0.2, 0) is 14.3 Å². The van der Waals surface area contributed by atoms with Crippen LogP contribution in [0.1, 0.15) is 44.7 Å². The standard InChI is InChI=1S/C22H31N3O3/c1-16(26)23-22-10-11-24(19-8-12-28-13-9-19)14-20(22)21(25(15-22)17(2)27)18-6-4-3-5-7-18/h3-7,19-21H,8-15H2,1-2H3,(H,23,26)/t20-,21-,22-/m1/s1. The molecule has 6 heteroatoms. The van der Waals surface area contributed by atoms with Crippen LogP contribution >= 0.6 is 0 Å². The van der Waals surface area contributed by atoms with E-state index in [1.54, 1.807) is 13.8 Å². The van der Waals surface area contributed by atoms with Crippen molar-refractivity contribution < 1.29 is 14.3 Å². The third-order valence-electron chi connectivity index (χ3n) is 6.83. The fourth-order valence-electron chi connectivity index (χ4n) is 5.56. The molecule has 3 aliphatic rings. The number of hydrogen-bond donors (Lipinski definition) is 1. The molecule has 0 saturated carbocycles. The minimum absolute atomic E-state index is 0.00631. The van der Waals surface area contributed by atoms with Gasteiger partial charge in [0.1, 0.15) is 0 Å². The molecule has 1 aromatic rings. The number of benzene rings is 1. The van der Waals surface area contributed by atoms with Crippen LogP contribution in [-0.4, -0.2) is 66.0 Å². The number of carbonyl (C=O) groups excluding carboxylic acids is 2. The van der Waals surface area contributed by atoms with Crippen molar-refractivity contribution in [3.8, 4) is 0 Å². The average molecular weight is 386 g/mol. The Hall–Kier alpha value is -1.92. The van der Waals surface area contributed by atoms with Gasteiger partial charge in [0.05, 0.1) is 11.6 Å². The van der Waals surface area contributed by atoms with Gasteiger partial charge >= 0.3 is 0 Å². The molecule has 3 heterocycles. The summed E-state index contributed by atoms with van der Waals surface area (Å²) in [6.45, 7) is 7.32. The third kappa shape index (κ3) is 3.55. The molecular formula is C22H31N3O3. The van der Waals surface area contributed by atoms with E-state index >= 15 is 0 Å². The molecule has 3 fully saturated rings. The average Bonchev–Trinajstić information content (AvgIpc) is 3.03. The summed E-state index contributed by atoms with van der Waals surface area (Å²) in [7, 11) is 0. The molecule has 6 nitrogen and oxygen atoms in total. The van der Waals surface area contributed by atoms with E-state index in [1.807, 2.05) is 23.1 Å². The van der Waals surface area contributed by atoms with Crippen molar-refractivity contribution in [3.63, 3.8) is 0 Å². The first-order valence-corrected chi connectivity index (χ1v) is 10.4. The topological polar surface area (TPSA) is 61.9 Å². The number of nitrogens with zero attached hydrogens (tertiary/aromatic N) is 2. The molecule has 0 radical (unpaired) electrons. The lowest BCUT2D eigenvalue weighted by Crippen LogP contribution is -2.62.